The lowest BCUT2D eigenvalue weighted by Crippen LogP contribution is -2.55. The molecule has 1 unspecified atom stereocenters. The summed E-state index contributed by atoms with van der Waals surface area (Å²) in [5.41, 5.74) is 0.0936. The number of halogens is 1. The minimum atomic E-state index is 0. The van der Waals surface area contributed by atoms with E-state index in [4.69, 9.17) is 0 Å². The highest BCUT2D eigenvalue weighted by Crippen LogP contribution is 2.21. The Morgan fingerprint density at radius 3 is 2.35 bits per heavy atom. The molecule has 1 amide bonds. The van der Waals surface area contributed by atoms with Gasteiger partial charge in [-0.25, -0.2) is 0 Å². The molecular weight excluding hydrogens is 238 g/mol. The van der Waals surface area contributed by atoms with E-state index in [-0.39, 0.29) is 35.7 Å². The lowest BCUT2D eigenvalue weighted by molar-refractivity contribution is -0.127. The van der Waals surface area contributed by atoms with Gasteiger partial charge in [-0.1, -0.05) is 13.8 Å². The number of nitrogens with zero attached hydrogens (tertiary/aromatic N) is 1. The molecule has 5 heteroatoms. The van der Waals surface area contributed by atoms with Crippen LogP contribution in [-0.4, -0.2) is 50.6 Å². The molecule has 0 aromatic rings. The predicted molar refractivity (Wildman–Crippen MR) is 73.5 cm³/mol. The van der Waals surface area contributed by atoms with Crippen LogP contribution in [0.1, 0.15) is 20.8 Å². The summed E-state index contributed by atoms with van der Waals surface area (Å²) >= 11 is 0. The Labute approximate surface area is 111 Å². The first-order chi connectivity index (χ1) is 7.33. The number of rotatable bonds is 5. The van der Waals surface area contributed by atoms with Gasteiger partial charge in [0, 0.05) is 25.7 Å². The van der Waals surface area contributed by atoms with Gasteiger partial charge in [-0.3, -0.25) is 4.79 Å². The van der Waals surface area contributed by atoms with E-state index in [9.17, 15) is 4.79 Å². The van der Waals surface area contributed by atoms with E-state index in [2.05, 4.69) is 50.4 Å². The van der Waals surface area contributed by atoms with Gasteiger partial charge in [0.05, 0.1) is 5.92 Å². The Morgan fingerprint density at radius 1 is 1.47 bits per heavy atom. The van der Waals surface area contributed by atoms with E-state index < -0.39 is 0 Å². The van der Waals surface area contributed by atoms with Crippen molar-refractivity contribution < 1.29 is 4.79 Å². The van der Waals surface area contributed by atoms with Gasteiger partial charge in [0.15, 0.2) is 0 Å². The summed E-state index contributed by atoms with van der Waals surface area (Å²) < 4.78 is 0. The topological polar surface area (TPSA) is 44.4 Å². The molecule has 17 heavy (non-hydrogen) atoms. The fraction of sp³-hybridized carbons (Fsp3) is 0.917. The van der Waals surface area contributed by atoms with Gasteiger partial charge < -0.3 is 15.5 Å². The molecule has 0 radical (unpaired) electrons. The molecular formula is C12H26ClN3O. The molecule has 1 atom stereocenters. The van der Waals surface area contributed by atoms with Crippen LogP contribution in [0, 0.1) is 11.3 Å². The molecule has 102 valence electrons. The lowest BCUT2D eigenvalue weighted by Gasteiger charge is -2.36. The molecule has 1 heterocycles. The molecule has 0 aromatic heterocycles. The highest BCUT2D eigenvalue weighted by molar-refractivity contribution is 5.85. The smallest absolute Gasteiger partial charge is 0.225 e. The zero-order chi connectivity index (χ0) is 12.3. The normalized spacial score (nSPS) is 18.2. The van der Waals surface area contributed by atoms with Crippen LogP contribution in [-0.2, 0) is 4.79 Å². The highest BCUT2D eigenvalue weighted by Gasteiger charge is 2.31. The largest absolute Gasteiger partial charge is 0.353 e. The summed E-state index contributed by atoms with van der Waals surface area (Å²) in [7, 11) is 4.12. The number of nitrogens with one attached hydrogen (secondary N) is 2. The molecule has 1 fully saturated rings. The van der Waals surface area contributed by atoms with E-state index in [0.717, 1.165) is 19.6 Å². The van der Waals surface area contributed by atoms with Gasteiger partial charge >= 0.3 is 0 Å². The SMILES string of the molecule is CC(NC(=O)C1CNC1)C(C)(C)CN(C)C.Cl. The third-order valence-corrected chi connectivity index (χ3v) is 3.41. The van der Waals surface area contributed by atoms with Crippen molar-refractivity contribution in [2.45, 2.75) is 26.8 Å². The molecule has 4 nitrogen and oxygen atoms in total. The first-order valence-corrected chi connectivity index (χ1v) is 5.99. The van der Waals surface area contributed by atoms with Gasteiger partial charge in [0.2, 0.25) is 5.91 Å². The van der Waals surface area contributed by atoms with Gasteiger partial charge in [-0.05, 0) is 26.4 Å². The summed E-state index contributed by atoms with van der Waals surface area (Å²) in [5.74, 6) is 0.371. The van der Waals surface area contributed by atoms with Crippen LogP contribution >= 0.6 is 12.4 Å². The van der Waals surface area contributed by atoms with E-state index in [1.165, 1.54) is 0 Å². The molecule has 1 rings (SSSR count). The summed E-state index contributed by atoms with van der Waals surface area (Å²) in [6.07, 6.45) is 0. The third kappa shape index (κ3) is 4.82. The van der Waals surface area contributed by atoms with Gasteiger partial charge in [-0.15, -0.1) is 12.4 Å². The molecule has 1 aliphatic heterocycles. The summed E-state index contributed by atoms with van der Waals surface area (Å²) in [6.45, 7) is 9.10. The van der Waals surface area contributed by atoms with Crippen LogP contribution in [0.15, 0.2) is 0 Å². The van der Waals surface area contributed by atoms with Crippen molar-refractivity contribution in [3.8, 4) is 0 Å². The maximum atomic E-state index is 11.8. The molecule has 0 aromatic carbocycles. The number of hydrogen-bond donors (Lipinski definition) is 2. The van der Waals surface area contributed by atoms with Crippen LogP contribution < -0.4 is 10.6 Å². The Balaban J connectivity index is 0.00000256. The van der Waals surface area contributed by atoms with Crippen LogP contribution in [0.5, 0.6) is 0 Å². The quantitative estimate of drug-likeness (QED) is 0.768. The summed E-state index contributed by atoms with van der Waals surface area (Å²) in [6, 6.07) is 0.197. The van der Waals surface area contributed by atoms with E-state index in [1.807, 2.05) is 0 Å². The van der Waals surface area contributed by atoms with Gasteiger partial charge in [0.1, 0.15) is 0 Å². The Morgan fingerprint density at radius 2 is 2.00 bits per heavy atom. The molecule has 1 saturated heterocycles. The van der Waals surface area contributed by atoms with E-state index >= 15 is 0 Å². The molecule has 1 aliphatic rings. The van der Waals surface area contributed by atoms with Crippen molar-refractivity contribution >= 4 is 18.3 Å². The van der Waals surface area contributed by atoms with Crippen molar-refractivity contribution in [1.82, 2.24) is 15.5 Å². The predicted octanol–water partition coefficient (Wildman–Crippen LogP) is 0.720. The fourth-order valence-corrected chi connectivity index (χ4v) is 1.95. The Kier molecular flexibility index (Phi) is 6.45. The first kappa shape index (κ1) is 16.7. The maximum absolute atomic E-state index is 11.8. The Hall–Kier alpha value is -0.320. The molecule has 0 spiro atoms. The second-order valence-electron chi connectivity index (χ2n) is 5.81. The van der Waals surface area contributed by atoms with Gasteiger partial charge in [-0.2, -0.15) is 0 Å². The number of carbonyl (C=O) groups excluding carboxylic acids is 1. The van der Waals surface area contributed by atoms with Crippen LogP contribution in [0.2, 0.25) is 0 Å². The van der Waals surface area contributed by atoms with Crippen LogP contribution in [0.4, 0.5) is 0 Å². The van der Waals surface area contributed by atoms with Crippen molar-refractivity contribution in [2.75, 3.05) is 33.7 Å². The zero-order valence-electron chi connectivity index (χ0n) is 11.5. The van der Waals surface area contributed by atoms with E-state index in [0.29, 0.717) is 0 Å². The van der Waals surface area contributed by atoms with Crippen LogP contribution in [0.25, 0.3) is 0 Å². The highest BCUT2D eigenvalue weighted by atomic mass is 35.5. The first-order valence-electron chi connectivity index (χ1n) is 5.99. The van der Waals surface area contributed by atoms with Crippen molar-refractivity contribution in [1.29, 1.82) is 0 Å². The molecule has 0 saturated carbocycles. The summed E-state index contributed by atoms with van der Waals surface area (Å²) in [5, 5.41) is 6.24. The maximum Gasteiger partial charge on any atom is 0.225 e. The second-order valence-corrected chi connectivity index (χ2v) is 5.81. The fourth-order valence-electron chi connectivity index (χ4n) is 1.95. The van der Waals surface area contributed by atoms with Crippen LogP contribution in [0.3, 0.4) is 0 Å². The van der Waals surface area contributed by atoms with Crippen molar-refractivity contribution in [2.24, 2.45) is 11.3 Å². The molecule has 2 N–H and O–H groups in total. The molecule has 0 bridgehead atoms. The van der Waals surface area contributed by atoms with E-state index in [1.54, 1.807) is 0 Å². The monoisotopic (exact) mass is 263 g/mol. The lowest BCUT2D eigenvalue weighted by atomic mass is 9.84. The van der Waals surface area contributed by atoms with Crippen molar-refractivity contribution in [3.05, 3.63) is 0 Å². The minimum Gasteiger partial charge on any atom is -0.353 e. The minimum absolute atomic E-state index is 0. The van der Waals surface area contributed by atoms with Gasteiger partial charge in [0.25, 0.3) is 0 Å². The van der Waals surface area contributed by atoms with Crippen molar-refractivity contribution in [3.63, 3.8) is 0 Å². The second kappa shape index (κ2) is 6.57. The Bertz CT molecular complexity index is 252. The standard InChI is InChI=1S/C12H25N3O.ClH/c1-9(12(2,3)8-15(4)5)14-11(16)10-6-13-7-10;/h9-10,13H,6-8H2,1-5H3,(H,14,16);1H. The average molecular weight is 264 g/mol. The average Bonchev–Trinajstić information content (AvgIpc) is 1.96. The molecule has 0 aliphatic carbocycles. The number of carbonyl (C=O) groups is 1. The third-order valence-electron chi connectivity index (χ3n) is 3.41. The summed E-state index contributed by atoms with van der Waals surface area (Å²) in [4.78, 5) is 14.0. The number of amides is 1. The zero-order valence-corrected chi connectivity index (χ0v) is 12.4. The number of hydrogen-bond acceptors (Lipinski definition) is 3.